The minimum atomic E-state index is -4.49. The molecule has 0 N–H and O–H groups in total. The highest BCUT2D eigenvalue weighted by atomic mass is 35.5. The summed E-state index contributed by atoms with van der Waals surface area (Å²) in [5, 5.41) is 9.09. The highest BCUT2D eigenvalue weighted by Gasteiger charge is 2.30. The van der Waals surface area contributed by atoms with Crippen LogP contribution in [0.25, 0.3) is 5.69 Å². The Labute approximate surface area is 205 Å². The van der Waals surface area contributed by atoms with Crippen LogP contribution in [0.15, 0.2) is 78.0 Å². The molecule has 0 saturated heterocycles. The summed E-state index contributed by atoms with van der Waals surface area (Å²) in [6.07, 6.45) is -4.49. The molecule has 176 valence electrons. The van der Waals surface area contributed by atoms with E-state index >= 15 is 0 Å². The van der Waals surface area contributed by atoms with Crippen LogP contribution >= 0.6 is 23.2 Å². The molecule has 0 radical (unpaired) electrons. The predicted octanol–water partition coefficient (Wildman–Crippen LogP) is 6.48. The van der Waals surface area contributed by atoms with Gasteiger partial charge < -0.3 is 4.74 Å². The number of rotatable bonds is 7. The second-order valence-corrected chi connectivity index (χ2v) is 9.28. The van der Waals surface area contributed by atoms with Crippen LogP contribution in [0.2, 0.25) is 10.0 Å². The minimum absolute atomic E-state index is 0.0240. The Morgan fingerprint density at radius 1 is 0.912 bits per heavy atom. The molecule has 1 aromatic heterocycles. The molecule has 0 aliphatic carbocycles. The Kier molecular flexibility index (Phi) is 7.25. The summed E-state index contributed by atoms with van der Waals surface area (Å²) in [6.45, 7) is -0.187. The van der Waals surface area contributed by atoms with Crippen molar-refractivity contribution in [2.24, 2.45) is 0 Å². The van der Waals surface area contributed by atoms with Gasteiger partial charge in [-0.15, -0.1) is 10.2 Å². The maximum atomic E-state index is 13.2. The molecule has 1 heterocycles. The summed E-state index contributed by atoms with van der Waals surface area (Å²) in [4.78, 5) is 0. The van der Waals surface area contributed by atoms with E-state index in [-0.39, 0.29) is 29.1 Å². The fourth-order valence-electron chi connectivity index (χ4n) is 3.13. The lowest BCUT2D eigenvalue weighted by molar-refractivity contribution is -0.137. The number of para-hydroxylation sites is 1. The molecule has 0 unspecified atom stereocenters. The molecule has 0 aliphatic heterocycles. The number of hydrogen-bond donors (Lipinski definition) is 0. The highest BCUT2D eigenvalue weighted by molar-refractivity contribution is 7.84. The lowest BCUT2D eigenvalue weighted by Crippen LogP contribution is -2.11. The number of nitrogens with zero attached hydrogens (tertiary/aromatic N) is 3. The lowest BCUT2D eigenvalue weighted by Gasteiger charge is -2.12. The Bertz CT molecular complexity index is 1330. The van der Waals surface area contributed by atoms with Crippen molar-refractivity contribution in [1.82, 2.24) is 14.8 Å². The summed E-state index contributed by atoms with van der Waals surface area (Å²) >= 11 is 12.0. The molecule has 1 atom stereocenters. The van der Waals surface area contributed by atoms with Gasteiger partial charge in [-0.1, -0.05) is 53.5 Å². The zero-order valence-corrected chi connectivity index (χ0v) is 19.6. The molecular weight excluding hydrogens is 510 g/mol. The van der Waals surface area contributed by atoms with Crippen molar-refractivity contribution in [3.63, 3.8) is 0 Å². The number of aromatic nitrogens is 3. The number of ether oxygens (including phenoxy) is 1. The Hall–Kier alpha value is -2.88. The maximum absolute atomic E-state index is 13.2. The third kappa shape index (κ3) is 5.60. The van der Waals surface area contributed by atoms with Crippen LogP contribution in [0.5, 0.6) is 5.75 Å². The van der Waals surface area contributed by atoms with E-state index in [0.717, 1.165) is 12.1 Å². The molecule has 4 aromatic rings. The molecule has 3 aromatic carbocycles. The first-order valence-electron chi connectivity index (χ1n) is 9.84. The first kappa shape index (κ1) is 24.3. The quantitative estimate of drug-likeness (QED) is 0.277. The van der Waals surface area contributed by atoms with Crippen molar-refractivity contribution < 1.29 is 22.1 Å². The van der Waals surface area contributed by atoms with E-state index in [2.05, 4.69) is 10.2 Å². The largest absolute Gasteiger partial charge is 0.486 e. The van der Waals surface area contributed by atoms with Gasteiger partial charge in [-0.3, -0.25) is 8.78 Å². The van der Waals surface area contributed by atoms with Gasteiger partial charge in [0.2, 0.25) is 5.16 Å². The third-order valence-electron chi connectivity index (χ3n) is 4.73. The lowest BCUT2D eigenvalue weighted by atomic mass is 10.2. The van der Waals surface area contributed by atoms with E-state index in [1.807, 2.05) is 6.07 Å². The number of hydrogen-bond acceptors (Lipinski definition) is 4. The van der Waals surface area contributed by atoms with Gasteiger partial charge in [0.1, 0.15) is 12.4 Å². The molecule has 4 rings (SSSR count). The molecule has 0 fully saturated rings. The van der Waals surface area contributed by atoms with Gasteiger partial charge in [0.05, 0.1) is 32.2 Å². The first-order valence-corrected chi connectivity index (χ1v) is 11.9. The zero-order chi connectivity index (χ0) is 24.3. The normalized spacial score (nSPS) is 12.5. The second kappa shape index (κ2) is 10.2. The van der Waals surface area contributed by atoms with Crippen molar-refractivity contribution in [1.29, 1.82) is 0 Å². The standard InChI is InChI=1S/C23H16Cl2F3N3O2S/c24-19-10-9-15(11-20(19)25)14-34(32)22-30-29-21(31(22)17-6-2-1-3-7-17)13-33-18-8-4-5-16(12-18)23(26,27)28/h1-12H,13-14H2/t34-/m0/s1. The molecule has 0 spiro atoms. The maximum Gasteiger partial charge on any atom is 0.416 e. The van der Waals surface area contributed by atoms with E-state index in [9.17, 15) is 17.4 Å². The molecule has 0 bridgehead atoms. The molecule has 0 amide bonds. The van der Waals surface area contributed by atoms with E-state index in [0.29, 0.717) is 21.3 Å². The van der Waals surface area contributed by atoms with Crippen molar-refractivity contribution in [2.45, 2.75) is 23.7 Å². The predicted molar refractivity (Wildman–Crippen MR) is 124 cm³/mol. The average molecular weight is 526 g/mol. The van der Waals surface area contributed by atoms with Crippen molar-refractivity contribution in [3.8, 4) is 11.4 Å². The number of halogens is 5. The van der Waals surface area contributed by atoms with Gasteiger partial charge in [0.25, 0.3) is 0 Å². The monoisotopic (exact) mass is 525 g/mol. The number of alkyl halides is 3. The van der Waals surface area contributed by atoms with Crippen molar-refractivity contribution in [3.05, 3.63) is 99.8 Å². The van der Waals surface area contributed by atoms with Crippen LogP contribution < -0.4 is 4.74 Å². The van der Waals surface area contributed by atoms with E-state index in [1.165, 1.54) is 12.1 Å². The highest BCUT2D eigenvalue weighted by Crippen LogP contribution is 2.31. The Morgan fingerprint density at radius 2 is 1.68 bits per heavy atom. The topological polar surface area (TPSA) is 57.0 Å². The van der Waals surface area contributed by atoms with Gasteiger partial charge in [0, 0.05) is 5.69 Å². The Morgan fingerprint density at radius 3 is 2.38 bits per heavy atom. The third-order valence-corrected chi connectivity index (χ3v) is 6.74. The molecule has 11 heteroatoms. The smallest absolute Gasteiger partial charge is 0.416 e. The molecule has 34 heavy (non-hydrogen) atoms. The second-order valence-electron chi connectivity index (χ2n) is 7.12. The van der Waals surface area contributed by atoms with Crippen molar-refractivity contribution in [2.75, 3.05) is 0 Å². The number of benzene rings is 3. The molecule has 0 saturated carbocycles. The summed E-state index contributed by atoms with van der Waals surface area (Å²) < 4.78 is 59.3. The van der Waals surface area contributed by atoms with E-state index in [1.54, 1.807) is 47.0 Å². The van der Waals surface area contributed by atoms with Gasteiger partial charge in [0.15, 0.2) is 5.82 Å². The Balaban J connectivity index is 1.62. The van der Waals surface area contributed by atoms with Gasteiger partial charge in [-0.25, -0.2) is 0 Å². The summed E-state index contributed by atoms with van der Waals surface area (Å²) in [6, 6.07) is 18.5. The van der Waals surface area contributed by atoms with Crippen LogP contribution in [-0.2, 0) is 29.3 Å². The van der Waals surface area contributed by atoms with Crippen LogP contribution in [0.1, 0.15) is 17.0 Å². The van der Waals surface area contributed by atoms with Gasteiger partial charge in [-0.2, -0.15) is 13.2 Å². The van der Waals surface area contributed by atoms with Gasteiger partial charge in [-0.05, 0) is 48.0 Å². The average Bonchev–Trinajstić information content (AvgIpc) is 3.24. The summed E-state index contributed by atoms with van der Waals surface area (Å²) in [5.41, 5.74) is 0.502. The van der Waals surface area contributed by atoms with E-state index < -0.39 is 22.5 Å². The minimum Gasteiger partial charge on any atom is -0.486 e. The summed E-state index contributed by atoms with van der Waals surface area (Å²) in [5.74, 6) is 0.410. The van der Waals surface area contributed by atoms with Crippen LogP contribution in [-0.4, -0.2) is 19.0 Å². The SMILES string of the molecule is O=[S@@](Cc1ccc(Cl)c(Cl)c1)c1nnc(COc2cccc(C(F)(F)F)c2)n1-c1ccccc1. The molecule has 5 nitrogen and oxygen atoms in total. The molecule has 0 aliphatic rings. The zero-order valence-electron chi connectivity index (χ0n) is 17.3. The van der Waals surface area contributed by atoms with Crippen LogP contribution in [0, 0.1) is 0 Å². The molecular formula is C23H16Cl2F3N3O2S. The van der Waals surface area contributed by atoms with Gasteiger partial charge >= 0.3 is 6.18 Å². The summed E-state index contributed by atoms with van der Waals surface area (Å²) in [7, 11) is -1.62. The van der Waals surface area contributed by atoms with Crippen LogP contribution in [0.3, 0.4) is 0 Å². The van der Waals surface area contributed by atoms with Crippen molar-refractivity contribution >= 4 is 34.0 Å². The fourth-order valence-corrected chi connectivity index (χ4v) is 4.61. The first-order chi connectivity index (χ1) is 16.2. The van der Waals surface area contributed by atoms with Crippen LogP contribution in [0.4, 0.5) is 13.2 Å². The fraction of sp³-hybridized carbons (Fsp3) is 0.130. The van der Waals surface area contributed by atoms with E-state index in [4.69, 9.17) is 27.9 Å².